The van der Waals surface area contributed by atoms with Crippen molar-refractivity contribution in [3.8, 4) is 5.88 Å². The largest absolute Gasteiger partial charge is 0.481 e. The van der Waals surface area contributed by atoms with Crippen molar-refractivity contribution in [2.75, 3.05) is 13.7 Å². The average Bonchev–Trinajstić information content (AvgIpc) is 2.49. The Balaban J connectivity index is 2.28. The van der Waals surface area contributed by atoms with Gasteiger partial charge in [0.25, 0.3) is 0 Å². The van der Waals surface area contributed by atoms with E-state index in [4.69, 9.17) is 16.3 Å². The van der Waals surface area contributed by atoms with E-state index >= 15 is 0 Å². The van der Waals surface area contributed by atoms with Gasteiger partial charge in [-0.1, -0.05) is 34.5 Å². The van der Waals surface area contributed by atoms with Crippen LogP contribution >= 0.6 is 27.5 Å². The predicted octanol–water partition coefficient (Wildman–Crippen LogP) is 3.79. The summed E-state index contributed by atoms with van der Waals surface area (Å²) >= 11 is 9.70. The second-order valence-corrected chi connectivity index (χ2v) is 5.82. The molecular formula is C15H17BrClN3O. The molecule has 1 N–H and O–H groups in total. The van der Waals surface area contributed by atoms with E-state index in [1.165, 1.54) is 6.33 Å². The molecule has 0 saturated carbocycles. The molecule has 2 aromatic rings. The summed E-state index contributed by atoms with van der Waals surface area (Å²) in [5.41, 5.74) is 2.03. The highest BCUT2D eigenvalue weighted by atomic mass is 79.9. The Bertz CT molecular complexity index is 609. The second-order valence-electron chi connectivity index (χ2n) is 4.53. The zero-order valence-corrected chi connectivity index (χ0v) is 14.3. The summed E-state index contributed by atoms with van der Waals surface area (Å²) in [6, 6.07) is 7.76. The number of nitrogens with zero attached hydrogens (tertiary/aromatic N) is 2. The first-order valence-corrected chi connectivity index (χ1v) is 7.84. The number of rotatable bonds is 6. The molecule has 0 fully saturated rings. The monoisotopic (exact) mass is 369 g/mol. The second kappa shape index (κ2) is 7.73. The van der Waals surface area contributed by atoms with Crippen LogP contribution in [0, 0.1) is 0 Å². The summed E-state index contributed by atoms with van der Waals surface area (Å²) in [5.74, 6) is 0.570. The van der Waals surface area contributed by atoms with Gasteiger partial charge in [0, 0.05) is 33.7 Å². The first-order valence-electron chi connectivity index (χ1n) is 6.67. The fourth-order valence-electron chi connectivity index (χ4n) is 2.13. The Kier molecular flexibility index (Phi) is 5.96. The van der Waals surface area contributed by atoms with E-state index in [1.807, 2.05) is 24.3 Å². The molecule has 1 aromatic carbocycles. The lowest BCUT2D eigenvalue weighted by Gasteiger charge is -2.20. The van der Waals surface area contributed by atoms with E-state index in [2.05, 4.69) is 38.1 Å². The van der Waals surface area contributed by atoms with E-state index in [0.29, 0.717) is 5.88 Å². The molecule has 0 aliphatic carbocycles. The molecule has 4 nitrogen and oxygen atoms in total. The minimum absolute atomic E-state index is 0.114. The van der Waals surface area contributed by atoms with Crippen molar-refractivity contribution in [3.63, 3.8) is 0 Å². The summed E-state index contributed by atoms with van der Waals surface area (Å²) in [5, 5.41) is 4.18. The summed E-state index contributed by atoms with van der Waals surface area (Å²) in [6.07, 6.45) is 2.25. The highest BCUT2D eigenvalue weighted by molar-refractivity contribution is 9.10. The molecule has 0 aliphatic rings. The third-order valence-corrected chi connectivity index (χ3v) is 4.06. The Morgan fingerprint density at radius 3 is 2.86 bits per heavy atom. The Labute approximate surface area is 138 Å². The van der Waals surface area contributed by atoms with E-state index in [0.717, 1.165) is 33.7 Å². The van der Waals surface area contributed by atoms with Gasteiger partial charge in [0.15, 0.2) is 0 Å². The first kappa shape index (κ1) is 16.2. The van der Waals surface area contributed by atoms with Crippen LogP contribution in [0.1, 0.15) is 24.2 Å². The van der Waals surface area contributed by atoms with Crippen LogP contribution in [-0.2, 0) is 6.42 Å². The maximum Gasteiger partial charge on any atom is 0.216 e. The number of aromatic nitrogens is 2. The van der Waals surface area contributed by atoms with Gasteiger partial charge in [-0.3, -0.25) is 0 Å². The Morgan fingerprint density at radius 2 is 2.14 bits per heavy atom. The SMILES string of the molecule is CCNC(Cc1cc(OC)ncn1)c1cc(Cl)ccc1Br. The number of methoxy groups -OCH3 is 1. The quantitative estimate of drug-likeness (QED) is 0.840. The molecule has 112 valence electrons. The van der Waals surface area contributed by atoms with Gasteiger partial charge in [-0.05, 0) is 30.3 Å². The zero-order valence-electron chi connectivity index (χ0n) is 11.9. The van der Waals surface area contributed by atoms with Crippen molar-refractivity contribution < 1.29 is 4.74 Å². The molecule has 0 bridgehead atoms. The fourth-order valence-corrected chi connectivity index (χ4v) is 2.83. The molecule has 0 amide bonds. The molecule has 21 heavy (non-hydrogen) atoms. The first-order chi connectivity index (χ1) is 10.1. The third kappa shape index (κ3) is 4.40. The predicted molar refractivity (Wildman–Crippen MR) is 87.9 cm³/mol. The molecule has 1 unspecified atom stereocenters. The van der Waals surface area contributed by atoms with Crippen molar-refractivity contribution >= 4 is 27.5 Å². The van der Waals surface area contributed by atoms with Gasteiger partial charge in [-0.25, -0.2) is 9.97 Å². The van der Waals surface area contributed by atoms with Crippen LogP contribution in [0.2, 0.25) is 5.02 Å². The highest BCUT2D eigenvalue weighted by Crippen LogP contribution is 2.29. The van der Waals surface area contributed by atoms with Crippen LogP contribution < -0.4 is 10.1 Å². The molecule has 0 saturated heterocycles. The summed E-state index contributed by atoms with van der Waals surface area (Å²) in [6.45, 7) is 2.93. The lowest BCUT2D eigenvalue weighted by atomic mass is 10.0. The van der Waals surface area contributed by atoms with E-state index < -0.39 is 0 Å². The minimum Gasteiger partial charge on any atom is -0.481 e. The molecule has 0 radical (unpaired) electrons. The van der Waals surface area contributed by atoms with Gasteiger partial charge in [-0.15, -0.1) is 0 Å². The molecule has 2 rings (SSSR count). The topological polar surface area (TPSA) is 47.0 Å². The lowest BCUT2D eigenvalue weighted by Crippen LogP contribution is -2.23. The number of ether oxygens (including phenoxy) is 1. The standard InChI is InChI=1S/C15H17BrClN3O/c1-3-18-14(12-6-10(17)4-5-13(12)16)7-11-8-15(21-2)20-9-19-11/h4-6,8-9,14,18H,3,7H2,1-2H3. The number of nitrogens with one attached hydrogen (secondary N) is 1. The molecule has 6 heteroatoms. The van der Waals surface area contributed by atoms with Crippen LogP contribution in [-0.4, -0.2) is 23.6 Å². The highest BCUT2D eigenvalue weighted by Gasteiger charge is 2.16. The minimum atomic E-state index is 0.114. The van der Waals surface area contributed by atoms with Gasteiger partial charge < -0.3 is 10.1 Å². The Hall–Kier alpha value is -1.17. The van der Waals surface area contributed by atoms with Crippen molar-refractivity contribution in [1.82, 2.24) is 15.3 Å². The van der Waals surface area contributed by atoms with Crippen LogP contribution in [0.15, 0.2) is 35.1 Å². The van der Waals surface area contributed by atoms with E-state index in [-0.39, 0.29) is 6.04 Å². The fraction of sp³-hybridized carbons (Fsp3) is 0.333. The molecule has 1 atom stereocenters. The van der Waals surface area contributed by atoms with Gasteiger partial charge in [0.1, 0.15) is 6.33 Å². The van der Waals surface area contributed by atoms with Crippen LogP contribution in [0.3, 0.4) is 0 Å². The normalized spacial score (nSPS) is 12.2. The van der Waals surface area contributed by atoms with Crippen molar-refractivity contribution in [2.24, 2.45) is 0 Å². The van der Waals surface area contributed by atoms with Gasteiger partial charge >= 0.3 is 0 Å². The summed E-state index contributed by atoms with van der Waals surface area (Å²) < 4.78 is 6.17. The van der Waals surface area contributed by atoms with Gasteiger partial charge in [0.2, 0.25) is 5.88 Å². The third-order valence-electron chi connectivity index (χ3n) is 3.11. The van der Waals surface area contributed by atoms with Gasteiger partial charge in [-0.2, -0.15) is 0 Å². The molecule has 0 spiro atoms. The number of benzene rings is 1. The molecule has 0 aliphatic heterocycles. The van der Waals surface area contributed by atoms with Crippen LogP contribution in [0.25, 0.3) is 0 Å². The Morgan fingerprint density at radius 1 is 1.33 bits per heavy atom. The maximum atomic E-state index is 6.12. The van der Waals surface area contributed by atoms with Crippen molar-refractivity contribution in [1.29, 1.82) is 0 Å². The van der Waals surface area contributed by atoms with Crippen molar-refractivity contribution in [2.45, 2.75) is 19.4 Å². The average molecular weight is 371 g/mol. The zero-order chi connectivity index (χ0) is 15.2. The summed E-state index contributed by atoms with van der Waals surface area (Å²) in [7, 11) is 1.60. The van der Waals surface area contributed by atoms with Gasteiger partial charge in [0.05, 0.1) is 7.11 Å². The van der Waals surface area contributed by atoms with E-state index in [9.17, 15) is 0 Å². The van der Waals surface area contributed by atoms with Crippen molar-refractivity contribution in [3.05, 3.63) is 51.3 Å². The smallest absolute Gasteiger partial charge is 0.216 e. The number of halogens is 2. The maximum absolute atomic E-state index is 6.12. The molecular weight excluding hydrogens is 354 g/mol. The number of hydrogen-bond donors (Lipinski definition) is 1. The van der Waals surface area contributed by atoms with Crippen LogP contribution in [0.5, 0.6) is 5.88 Å². The van der Waals surface area contributed by atoms with Crippen LogP contribution in [0.4, 0.5) is 0 Å². The number of likely N-dealkylation sites (N-methyl/N-ethyl adjacent to an activating group) is 1. The molecule has 1 aromatic heterocycles. The van der Waals surface area contributed by atoms with E-state index in [1.54, 1.807) is 7.11 Å². The number of hydrogen-bond acceptors (Lipinski definition) is 4. The summed E-state index contributed by atoms with van der Waals surface area (Å²) in [4.78, 5) is 8.34. The molecule has 1 heterocycles. The lowest BCUT2D eigenvalue weighted by molar-refractivity contribution is 0.395.